The maximum Gasteiger partial charge on any atom is 0.239 e. The average molecular weight is 266 g/mol. The van der Waals surface area contributed by atoms with Crippen molar-refractivity contribution in [1.82, 2.24) is 14.8 Å². The molecule has 0 aromatic carbocycles. The summed E-state index contributed by atoms with van der Waals surface area (Å²) in [5, 5.41) is 0. The molecule has 1 aromatic heterocycles. The van der Waals surface area contributed by atoms with E-state index in [1.165, 1.54) is 0 Å². The molecule has 2 heterocycles. The molecule has 106 valence electrons. The maximum absolute atomic E-state index is 11.8. The fourth-order valence-electron chi connectivity index (χ4n) is 2.21. The molecule has 19 heavy (non-hydrogen) atoms. The second-order valence-corrected chi connectivity index (χ2v) is 5.14. The van der Waals surface area contributed by atoms with Crippen molar-refractivity contribution in [1.29, 1.82) is 0 Å². The van der Waals surface area contributed by atoms with Crippen LogP contribution in [0.3, 0.4) is 0 Å². The smallest absolute Gasteiger partial charge is 0.239 e. The molecule has 2 N–H and O–H groups in total. The monoisotopic (exact) mass is 266 g/mol. The van der Waals surface area contributed by atoms with Gasteiger partial charge in [-0.1, -0.05) is 0 Å². The molecule has 1 aromatic rings. The van der Waals surface area contributed by atoms with Crippen molar-refractivity contribution in [3.05, 3.63) is 17.3 Å². The Balaban J connectivity index is 1.85. The number of oxazole rings is 1. The van der Waals surface area contributed by atoms with Crippen LogP contribution in [0, 0.1) is 13.8 Å². The highest BCUT2D eigenvalue weighted by Gasteiger charge is 2.23. The van der Waals surface area contributed by atoms with Crippen LogP contribution in [0.25, 0.3) is 0 Å². The van der Waals surface area contributed by atoms with Crippen molar-refractivity contribution in [2.75, 3.05) is 26.2 Å². The number of amides is 1. The van der Waals surface area contributed by atoms with Crippen LogP contribution >= 0.6 is 0 Å². The summed E-state index contributed by atoms with van der Waals surface area (Å²) in [6.45, 7) is 9.41. The number of carbonyl (C=O) groups is 1. The van der Waals surface area contributed by atoms with Gasteiger partial charge in [0.1, 0.15) is 5.76 Å². The van der Waals surface area contributed by atoms with E-state index in [1.807, 2.05) is 18.7 Å². The molecule has 1 saturated heterocycles. The summed E-state index contributed by atoms with van der Waals surface area (Å²) in [7, 11) is 0. The highest BCUT2D eigenvalue weighted by Crippen LogP contribution is 2.12. The van der Waals surface area contributed by atoms with E-state index in [-0.39, 0.29) is 5.91 Å². The number of carbonyl (C=O) groups excluding carboxylic acids is 1. The molecule has 6 heteroatoms. The fourth-order valence-corrected chi connectivity index (χ4v) is 2.21. The Bertz CT molecular complexity index is 428. The minimum atomic E-state index is -0.413. The van der Waals surface area contributed by atoms with Crippen LogP contribution in [0.1, 0.15) is 24.3 Å². The predicted molar refractivity (Wildman–Crippen MR) is 71.5 cm³/mol. The van der Waals surface area contributed by atoms with Gasteiger partial charge in [-0.2, -0.15) is 0 Å². The molecule has 0 spiro atoms. The zero-order valence-corrected chi connectivity index (χ0v) is 11.8. The van der Waals surface area contributed by atoms with E-state index in [4.69, 9.17) is 10.2 Å². The van der Waals surface area contributed by atoms with E-state index < -0.39 is 6.04 Å². The van der Waals surface area contributed by atoms with Crippen LogP contribution in [0.15, 0.2) is 4.42 Å². The number of nitrogens with zero attached hydrogens (tertiary/aromatic N) is 3. The van der Waals surface area contributed by atoms with Crippen LogP contribution < -0.4 is 5.73 Å². The molecule has 0 unspecified atom stereocenters. The zero-order chi connectivity index (χ0) is 14.0. The maximum atomic E-state index is 11.8. The fraction of sp³-hybridized carbons (Fsp3) is 0.692. The van der Waals surface area contributed by atoms with Crippen LogP contribution in [0.2, 0.25) is 0 Å². The zero-order valence-electron chi connectivity index (χ0n) is 11.8. The molecule has 1 amide bonds. The quantitative estimate of drug-likeness (QED) is 0.850. The van der Waals surface area contributed by atoms with Crippen molar-refractivity contribution in [3.63, 3.8) is 0 Å². The predicted octanol–water partition coefficient (Wildman–Crippen LogP) is 0.283. The molecule has 2 rings (SSSR count). The Labute approximate surface area is 113 Å². The molecule has 1 fully saturated rings. The number of hydrogen-bond acceptors (Lipinski definition) is 5. The second kappa shape index (κ2) is 5.71. The van der Waals surface area contributed by atoms with Gasteiger partial charge in [0.15, 0.2) is 0 Å². The second-order valence-electron chi connectivity index (χ2n) is 5.14. The molecule has 1 aliphatic rings. The molecule has 0 aliphatic carbocycles. The number of nitrogens with two attached hydrogens (primary N) is 1. The Kier molecular flexibility index (Phi) is 4.21. The lowest BCUT2D eigenvalue weighted by Gasteiger charge is -2.34. The van der Waals surface area contributed by atoms with Crippen molar-refractivity contribution in [2.45, 2.75) is 33.4 Å². The highest BCUT2D eigenvalue weighted by molar-refractivity contribution is 5.81. The van der Waals surface area contributed by atoms with Gasteiger partial charge >= 0.3 is 0 Å². The van der Waals surface area contributed by atoms with E-state index in [2.05, 4.69) is 9.88 Å². The Hall–Kier alpha value is -1.40. The van der Waals surface area contributed by atoms with Gasteiger partial charge in [-0.15, -0.1) is 0 Å². The third-order valence-corrected chi connectivity index (χ3v) is 3.51. The van der Waals surface area contributed by atoms with Gasteiger partial charge in [-0.05, 0) is 20.8 Å². The molecule has 0 bridgehead atoms. The first-order chi connectivity index (χ1) is 8.97. The lowest BCUT2D eigenvalue weighted by Crippen LogP contribution is -2.52. The summed E-state index contributed by atoms with van der Waals surface area (Å²) < 4.78 is 5.58. The first-order valence-electron chi connectivity index (χ1n) is 6.67. The van der Waals surface area contributed by atoms with Crippen molar-refractivity contribution in [2.24, 2.45) is 5.73 Å². The molecule has 1 aliphatic heterocycles. The van der Waals surface area contributed by atoms with Gasteiger partial charge in [-0.25, -0.2) is 4.98 Å². The van der Waals surface area contributed by atoms with Gasteiger partial charge in [0.2, 0.25) is 11.8 Å². The van der Waals surface area contributed by atoms with Crippen LogP contribution in [-0.2, 0) is 11.3 Å². The van der Waals surface area contributed by atoms with Crippen LogP contribution in [-0.4, -0.2) is 52.9 Å². The third-order valence-electron chi connectivity index (χ3n) is 3.51. The lowest BCUT2D eigenvalue weighted by molar-refractivity contribution is -0.134. The number of piperazine rings is 1. The van der Waals surface area contributed by atoms with E-state index in [9.17, 15) is 4.79 Å². The molecular weight excluding hydrogens is 244 g/mol. The first-order valence-corrected chi connectivity index (χ1v) is 6.67. The Morgan fingerprint density at radius 3 is 2.47 bits per heavy atom. The summed E-state index contributed by atoms with van der Waals surface area (Å²) in [4.78, 5) is 20.2. The summed E-state index contributed by atoms with van der Waals surface area (Å²) in [6.07, 6.45) is 0. The summed E-state index contributed by atoms with van der Waals surface area (Å²) in [5.41, 5.74) is 6.56. The van der Waals surface area contributed by atoms with Crippen LogP contribution in [0.5, 0.6) is 0 Å². The Morgan fingerprint density at radius 2 is 2.00 bits per heavy atom. The van der Waals surface area contributed by atoms with Crippen molar-refractivity contribution in [3.8, 4) is 0 Å². The minimum Gasteiger partial charge on any atom is -0.444 e. The number of rotatable bonds is 3. The normalized spacial score (nSPS) is 18.6. The van der Waals surface area contributed by atoms with E-state index in [0.29, 0.717) is 6.54 Å². The topological polar surface area (TPSA) is 75.6 Å². The third kappa shape index (κ3) is 3.33. The van der Waals surface area contributed by atoms with Gasteiger partial charge in [-0.3, -0.25) is 9.69 Å². The van der Waals surface area contributed by atoms with E-state index >= 15 is 0 Å². The molecular formula is C13H22N4O2. The summed E-state index contributed by atoms with van der Waals surface area (Å²) in [5.74, 6) is 1.66. The molecule has 1 atom stereocenters. The van der Waals surface area contributed by atoms with Crippen LogP contribution in [0.4, 0.5) is 0 Å². The summed E-state index contributed by atoms with van der Waals surface area (Å²) in [6, 6.07) is -0.413. The SMILES string of the molecule is Cc1nc(CN2CCN(C(=O)[C@@H](C)N)CC2)oc1C. The number of aryl methyl sites for hydroxylation is 2. The van der Waals surface area contributed by atoms with Crippen molar-refractivity contribution < 1.29 is 9.21 Å². The van der Waals surface area contributed by atoms with Gasteiger partial charge in [0.05, 0.1) is 18.3 Å². The largest absolute Gasteiger partial charge is 0.444 e. The Morgan fingerprint density at radius 1 is 1.37 bits per heavy atom. The average Bonchev–Trinajstić information content (AvgIpc) is 2.68. The standard InChI is InChI=1S/C13H22N4O2/c1-9(14)13(18)17-6-4-16(5-7-17)8-12-15-10(2)11(3)19-12/h9H,4-8,14H2,1-3H3/t9-/m1/s1. The van der Waals surface area contributed by atoms with Gasteiger partial charge < -0.3 is 15.1 Å². The molecule has 0 radical (unpaired) electrons. The lowest BCUT2D eigenvalue weighted by atomic mass is 10.2. The molecule has 0 saturated carbocycles. The highest BCUT2D eigenvalue weighted by atomic mass is 16.4. The van der Waals surface area contributed by atoms with Crippen molar-refractivity contribution >= 4 is 5.91 Å². The van der Waals surface area contributed by atoms with E-state index in [0.717, 1.165) is 43.5 Å². The molecule has 6 nitrogen and oxygen atoms in total. The number of hydrogen-bond donors (Lipinski definition) is 1. The first kappa shape index (κ1) is 14.0. The minimum absolute atomic E-state index is 0.0301. The summed E-state index contributed by atoms with van der Waals surface area (Å²) >= 11 is 0. The van der Waals surface area contributed by atoms with E-state index in [1.54, 1.807) is 6.92 Å². The van der Waals surface area contributed by atoms with Gasteiger partial charge in [0, 0.05) is 26.2 Å². The number of aromatic nitrogens is 1. The van der Waals surface area contributed by atoms with Gasteiger partial charge in [0.25, 0.3) is 0 Å².